The summed E-state index contributed by atoms with van der Waals surface area (Å²) in [6, 6.07) is 4.28. The summed E-state index contributed by atoms with van der Waals surface area (Å²) < 4.78 is 60.2. The zero-order chi connectivity index (χ0) is 23.7. The number of rotatable bonds is 7. The normalized spacial score (nSPS) is 21.9. The van der Waals surface area contributed by atoms with Gasteiger partial charge in [-0.25, -0.2) is 18.4 Å². The molecule has 0 saturated carbocycles. The molecule has 3 rings (SSSR count). The Labute approximate surface area is 190 Å². The van der Waals surface area contributed by atoms with Crippen LogP contribution in [0.4, 0.5) is 0 Å². The van der Waals surface area contributed by atoms with Gasteiger partial charge in [0.1, 0.15) is 18.4 Å². The third kappa shape index (κ3) is 5.25. The number of aromatic nitrogens is 2. The van der Waals surface area contributed by atoms with Gasteiger partial charge in [-0.1, -0.05) is 22.0 Å². The predicted molar refractivity (Wildman–Crippen MR) is 115 cm³/mol. The van der Waals surface area contributed by atoms with Gasteiger partial charge in [0, 0.05) is 12.6 Å². The molecule has 12 nitrogen and oxygen atoms in total. The van der Waals surface area contributed by atoms with E-state index in [1.54, 1.807) is 0 Å². The van der Waals surface area contributed by atoms with Gasteiger partial charge in [-0.15, -0.1) is 0 Å². The highest BCUT2D eigenvalue weighted by atomic mass is 79.9. The Kier molecular flexibility index (Phi) is 7.18. The Hall–Kier alpha value is -2.14. The second kappa shape index (κ2) is 9.38. The first-order valence-electron chi connectivity index (χ1n) is 8.91. The summed E-state index contributed by atoms with van der Waals surface area (Å²) in [4.78, 5) is 26.7. The van der Waals surface area contributed by atoms with Crippen LogP contribution in [0.3, 0.4) is 0 Å². The van der Waals surface area contributed by atoms with Crippen LogP contribution >= 0.6 is 15.9 Å². The van der Waals surface area contributed by atoms with Crippen molar-refractivity contribution < 1.29 is 30.9 Å². The van der Waals surface area contributed by atoms with E-state index in [0.29, 0.717) is 0 Å². The summed E-state index contributed by atoms with van der Waals surface area (Å²) in [7, 11) is -8.63. The average molecular weight is 552 g/mol. The molecule has 174 valence electrons. The van der Waals surface area contributed by atoms with Crippen LogP contribution in [-0.2, 0) is 29.1 Å². The van der Waals surface area contributed by atoms with Crippen LogP contribution in [0.2, 0.25) is 0 Å². The summed E-state index contributed by atoms with van der Waals surface area (Å²) in [5, 5.41) is 14.6. The Balaban J connectivity index is 1.90. The van der Waals surface area contributed by atoms with E-state index in [9.17, 15) is 31.5 Å². The van der Waals surface area contributed by atoms with Crippen molar-refractivity contribution in [2.24, 2.45) is 5.14 Å². The Morgan fingerprint density at radius 3 is 2.59 bits per heavy atom. The number of hydrogen-bond donors (Lipinski definition) is 3. The smallest absolute Gasteiger partial charge is 0.330 e. The van der Waals surface area contributed by atoms with Crippen molar-refractivity contribution in [2.45, 2.75) is 34.6 Å². The maximum atomic E-state index is 12.7. The monoisotopic (exact) mass is 551 g/mol. The summed E-state index contributed by atoms with van der Waals surface area (Å²) in [5.74, 6) is 0. The number of aliphatic hydroxyl groups is 1. The van der Waals surface area contributed by atoms with E-state index in [1.807, 2.05) is 0 Å². The number of halogens is 1. The first-order chi connectivity index (χ1) is 15.0. The topological polar surface area (TPSA) is 188 Å². The van der Waals surface area contributed by atoms with E-state index < -0.39 is 66.2 Å². The van der Waals surface area contributed by atoms with Gasteiger partial charge in [-0.3, -0.25) is 18.5 Å². The van der Waals surface area contributed by atoms with Crippen molar-refractivity contribution in [3.05, 3.63) is 61.8 Å². The maximum Gasteiger partial charge on any atom is 0.330 e. The fourth-order valence-electron chi connectivity index (χ4n) is 3.06. The second-order valence-corrected chi connectivity index (χ2v) is 10.4. The van der Waals surface area contributed by atoms with Gasteiger partial charge in [0.05, 0.1) is 22.0 Å². The molecule has 1 aromatic carbocycles. The fourth-order valence-corrected chi connectivity index (χ4v) is 5.14. The van der Waals surface area contributed by atoms with E-state index in [-0.39, 0.29) is 12.0 Å². The van der Waals surface area contributed by atoms with E-state index in [0.717, 1.165) is 22.8 Å². The van der Waals surface area contributed by atoms with Crippen molar-refractivity contribution in [2.75, 3.05) is 6.61 Å². The highest BCUT2D eigenvalue weighted by molar-refractivity contribution is 9.11. The molecule has 0 radical (unpaired) electrons. The molecule has 0 aliphatic carbocycles. The van der Waals surface area contributed by atoms with Gasteiger partial charge in [-0.2, -0.15) is 8.42 Å². The molecule has 1 aliphatic heterocycles. The number of sulfonamides is 1. The highest BCUT2D eigenvalue weighted by Gasteiger charge is 2.40. The average Bonchev–Trinajstić information content (AvgIpc) is 3.11. The van der Waals surface area contributed by atoms with E-state index >= 15 is 0 Å². The molecule has 4 N–H and O–H groups in total. The second-order valence-electron chi connectivity index (χ2n) is 6.70. The lowest BCUT2D eigenvalue weighted by Gasteiger charge is -2.16. The number of benzene rings is 1. The SMILES string of the molecule is NS(=O)(=O)c1cccc(S(=O)(=O)O[C@H]2C[C@H](n3cc(/C=C/Br)c(=O)[nH]c3=O)O[C@@H]2CO)c1. The molecule has 0 amide bonds. The predicted octanol–water partition coefficient (Wildman–Crippen LogP) is -0.397. The minimum atomic E-state index is -4.48. The van der Waals surface area contributed by atoms with E-state index in [4.69, 9.17) is 14.1 Å². The van der Waals surface area contributed by atoms with Gasteiger partial charge in [-0.05, 0) is 29.3 Å². The van der Waals surface area contributed by atoms with E-state index in [1.165, 1.54) is 23.3 Å². The molecular formula is C17H18BrN3O9S2. The number of aliphatic hydroxyl groups excluding tert-OH is 1. The number of aromatic amines is 1. The van der Waals surface area contributed by atoms with Crippen LogP contribution < -0.4 is 16.4 Å². The molecule has 1 aromatic heterocycles. The molecule has 32 heavy (non-hydrogen) atoms. The molecule has 2 heterocycles. The first-order valence-corrected chi connectivity index (χ1v) is 12.8. The van der Waals surface area contributed by atoms with Crippen molar-refractivity contribution in [3.8, 4) is 0 Å². The van der Waals surface area contributed by atoms with Gasteiger partial charge in [0.2, 0.25) is 10.0 Å². The number of H-pyrrole nitrogens is 1. The molecule has 1 saturated heterocycles. The molecule has 15 heteroatoms. The lowest BCUT2D eigenvalue weighted by atomic mass is 10.2. The van der Waals surface area contributed by atoms with E-state index in [2.05, 4.69) is 20.9 Å². The molecular weight excluding hydrogens is 534 g/mol. The van der Waals surface area contributed by atoms with Crippen LogP contribution in [0.5, 0.6) is 0 Å². The summed E-state index contributed by atoms with van der Waals surface area (Å²) in [6.45, 7) is -0.625. The van der Waals surface area contributed by atoms with Gasteiger partial charge in [0.15, 0.2) is 0 Å². The molecule has 0 unspecified atom stereocenters. The molecule has 1 fully saturated rings. The molecule has 3 atom stereocenters. The minimum Gasteiger partial charge on any atom is -0.394 e. The van der Waals surface area contributed by atoms with Gasteiger partial charge >= 0.3 is 5.69 Å². The van der Waals surface area contributed by atoms with Gasteiger partial charge < -0.3 is 9.84 Å². The molecule has 2 aromatic rings. The molecule has 0 spiro atoms. The lowest BCUT2D eigenvalue weighted by Crippen LogP contribution is -2.33. The zero-order valence-electron chi connectivity index (χ0n) is 16.1. The van der Waals surface area contributed by atoms with Crippen LogP contribution in [0.25, 0.3) is 6.08 Å². The third-order valence-electron chi connectivity index (χ3n) is 4.58. The fraction of sp³-hybridized carbons (Fsp3) is 0.294. The largest absolute Gasteiger partial charge is 0.394 e. The Morgan fingerprint density at radius 1 is 1.28 bits per heavy atom. The number of hydrogen-bond acceptors (Lipinski definition) is 9. The van der Waals surface area contributed by atoms with Crippen LogP contribution in [0.15, 0.2) is 54.8 Å². The number of nitrogens with zero attached hydrogens (tertiary/aromatic N) is 1. The standard InChI is InChI=1S/C17H18BrN3O9S2/c18-5-4-10-8-21(17(24)20-16(10)23)15-7-13(14(9-22)29-15)30-32(27,28)12-3-1-2-11(6-12)31(19,25)26/h1-6,8,13-15,22H,7,9H2,(H2,19,25,26)(H,20,23,24)/b5-4+/t13-,14+,15+/m0/s1. The highest BCUT2D eigenvalue weighted by Crippen LogP contribution is 2.32. The summed E-state index contributed by atoms with van der Waals surface area (Å²) in [6.07, 6.45) is -0.917. The van der Waals surface area contributed by atoms with Crippen molar-refractivity contribution in [1.29, 1.82) is 0 Å². The zero-order valence-corrected chi connectivity index (χ0v) is 19.3. The summed E-state index contributed by atoms with van der Waals surface area (Å²) >= 11 is 3.03. The maximum absolute atomic E-state index is 12.7. The number of nitrogens with one attached hydrogen (secondary N) is 1. The van der Waals surface area contributed by atoms with Crippen LogP contribution in [0.1, 0.15) is 18.2 Å². The number of nitrogens with two attached hydrogens (primary N) is 1. The quantitative estimate of drug-likeness (QED) is 0.384. The minimum absolute atomic E-state index is 0.127. The summed E-state index contributed by atoms with van der Waals surface area (Å²) in [5.41, 5.74) is -1.31. The Morgan fingerprint density at radius 2 is 1.97 bits per heavy atom. The van der Waals surface area contributed by atoms with Crippen molar-refractivity contribution >= 4 is 42.1 Å². The number of ether oxygens (including phenoxy) is 1. The van der Waals surface area contributed by atoms with Crippen LogP contribution in [-0.4, -0.2) is 50.3 Å². The third-order valence-corrected chi connectivity index (χ3v) is 7.09. The number of primary sulfonamides is 1. The van der Waals surface area contributed by atoms with Crippen molar-refractivity contribution in [1.82, 2.24) is 9.55 Å². The first kappa shape index (κ1) is 24.5. The van der Waals surface area contributed by atoms with Gasteiger partial charge in [0.25, 0.3) is 15.7 Å². The molecule has 0 bridgehead atoms. The van der Waals surface area contributed by atoms with Crippen LogP contribution in [0, 0.1) is 0 Å². The lowest BCUT2D eigenvalue weighted by molar-refractivity contribution is -0.0414. The van der Waals surface area contributed by atoms with Crippen molar-refractivity contribution in [3.63, 3.8) is 0 Å². The Bertz CT molecular complexity index is 1370. The molecule has 1 aliphatic rings.